The molecule has 0 amide bonds. The van der Waals surface area contributed by atoms with Gasteiger partial charge < -0.3 is 29.9 Å². The number of hydrogen-bond acceptors (Lipinski definition) is 7. The van der Waals surface area contributed by atoms with Gasteiger partial charge in [0, 0.05) is 5.56 Å². The van der Waals surface area contributed by atoms with E-state index in [2.05, 4.69) is 0 Å². The SMILES string of the molecule is O=C(c1cccc(Oc2ccc(C(=O)O)c(C(=O)O)c2)c1)c1ccccc1Oc1ccc(C(=O)O)c(C(=O)O)c1. The van der Waals surface area contributed by atoms with E-state index < -0.39 is 51.9 Å². The highest BCUT2D eigenvalue weighted by atomic mass is 16.5. The first kappa shape index (κ1) is 27.1. The Bertz CT molecular complexity index is 1690. The Morgan fingerprint density at radius 3 is 1.50 bits per heavy atom. The minimum absolute atomic E-state index is 0.00113. The molecule has 0 aliphatic rings. The van der Waals surface area contributed by atoms with Gasteiger partial charge in [-0.1, -0.05) is 24.3 Å². The second kappa shape index (κ2) is 11.2. The fourth-order valence-corrected chi connectivity index (χ4v) is 3.76. The zero-order chi connectivity index (χ0) is 29.0. The van der Waals surface area contributed by atoms with Gasteiger partial charge in [-0.3, -0.25) is 4.79 Å². The van der Waals surface area contributed by atoms with Crippen LogP contribution in [0.1, 0.15) is 57.4 Å². The normalized spacial score (nSPS) is 10.4. The van der Waals surface area contributed by atoms with E-state index in [9.17, 15) is 44.4 Å². The molecule has 0 fully saturated rings. The average molecular weight is 542 g/mol. The van der Waals surface area contributed by atoms with Gasteiger partial charge in [-0.15, -0.1) is 0 Å². The van der Waals surface area contributed by atoms with Crippen molar-refractivity contribution in [3.63, 3.8) is 0 Å². The van der Waals surface area contributed by atoms with Crippen LogP contribution in [0.5, 0.6) is 23.0 Å². The summed E-state index contributed by atoms with van der Waals surface area (Å²) in [5.74, 6) is -5.95. The Kier molecular flexibility index (Phi) is 7.57. The molecule has 0 heterocycles. The van der Waals surface area contributed by atoms with E-state index in [-0.39, 0.29) is 34.1 Å². The molecule has 4 aromatic carbocycles. The van der Waals surface area contributed by atoms with E-state index in [1.54, 1.807) is 12.1 Å². The van der Waals surface area contributed by atoms with Gasteiger partial charge in [0.2, 0.25) is 0 Å². The first-order valence-electron chi connectivity index (χ1n) is 11.4. The lowest BCUT2D eigenvalue weighted by Gasteiger charge is -2.13. The standard InChI is InChI=1S/C29H18O11/c30-25(15-4-3-5-16(12-15)39-17-8-10-19(26(31)32)22(13-17)28(35)36)21-6-1-2-7-24(21)40-18-9-11-20(27(33)34)23(14-18)29(37)38/h1-14H,(H,31,32)(H,33,34)(H,35,36)(H,37,38). The molecule has 4 aromatic rings. The highest BCUT2D eigenvalue weighted by Gasteiger charge is 2.20. The van der Waals surface area contributed by atoms with Crippen LogP contribution in [-0.2, 0) is 0 Å². The van der Waals surface area contributed by atoms with Gasteiger partial charge in [0.1, 0.15) is 23.0 Å². The predicted octanol–water partition coefficient (Wildman–Crippen LogP) is 5.30. The summed E-state index contributed by atoms with van der Waals surface area (Å²) in [4.78, 5) is 59.0. The first-order chi connectivity index (χ1) is 19.0. The lowest BCUT2D eigenvalue weighted by Crippen LogP contribution is -2.08. The molecule has 0 aromatic heterocycles. The van der Waals surface area contributed by atoms with E-state index >= 15 is 0 Å². The third-order valence-electron chi connectivity index (χ3n) is 5.60. The van der Waals surface area contributed by atoms with Crippen LogP contribution < -0.4 is 9.47 Å². The number of carboxylic acids is 4. The summed E-state index contributed by atoms with van der Waals surface area (Å²) < 4.78 is 11.4. The number of carboxylic acid groups (broad SMARTS) is 4. The third-order valence-corrected chi connectivity index (χ3v) is 5.60. The molecule has 4 rings (SSSR count). The Morgan fingerprint density at radius 2 is 0.950 bits per heavy atom. The van der Waals surface area contributed by atoms with Crippen LogP contribution in [0, 0.1) is 0 Å². The van der Waals surface area contributed by atoms with Crippen LogP contribution in [-0.4, -0.2) is 50.1 Å². The molecule has 0 radical (unpaired) electrons. The van der Waals surface area contributed by atoms with Crippen molar-refractivity contribution in [3.05, 3.63) is 118 Å². The first-order valence-corrected chi connectivity index (χ1v) is 11.4. The summed E-state index contributed by atoms with van der Waals surface area (Å²) in [6, 6.07) is 18.9. The maximum atomic E-state index is 13.4. The fraction of sp³-hybridized carbons (Fsp3) is 0. The lowest BCUT2D eigenvalue weighted by atomic mass is 10.0. The topological polar surface area (TPSA) is 185 Å². The van der Waals surface area contributed by atoms with Crippen molar-refractivity contribution >= 4 is 29.7 Å². The summed E-state index contributed by atoms with van der Waals surface area (Å²) in [5, 5.41) is 37.1. The van der Waals surface area contributed by atoms with Crippen molar-refractivity contribution in [2.24, 2.45) is 0 Å². The number of rotatable bonds is 10. The van der Waals surface area contributed by atoms with E-state index in [1.807, 2.05) is 0 Å². The molecule has 40 heavy (non-hydrogen) atoms. The van der Waals surface area contributed by atoms with Gasteiger partial charge in [-0.2, -0.15) is 0 Å². The van der Waals surface area contributed by atoms with Crippen molar-refractivity contribution in [2.75, 3.05) is 0 Å². The van der Waals surface area contributed by atoms with Crippen LogP contribution in [0.15, 0.2) is 84.9 Å². The largest absolute Gasteiger partial charge is 0.478 e. The third kappa shape index (κ3) is 5.78. The Labute approximate surface area is 225 Å². The number of benzene rings is 4. The molecule has 0 aliphatic carbocycles. The quantitative estimate of drug-likeness (QED) is 0.191. The number of ether oxygens (including phenoxy) is 2. The monoisotopic (exact) mass is 542 g/mol. The Morgan fingerprint density at radius 1 is 0.450 bits per heavy atom. The van der Waals surface area contributed by atoms with Crippen LogP contribution >= 0.6 is 0 Å². The van der Waals surface area contributed by atoms with Gasteiger partial charge >= 0.3 is 23.9 Å². The molecular formula is C29H18O11. The number of carbonyl (C=O) groups is 5. The number of hydrogen-bond donors (Lipinski definition) is 4. The number of para-hydroxylation sites is 1. The Hall–Kier alpha value is -5.97. The molecule has 0 unspecified atom stereocenters. The average Bonchev–Trinajstić information content (AvgIpc) is 2.92. The van der Waals surface area contributed by atoms with Gasteiger partial charge in [-0.25, -0.2) is 19.2 Å². The summed E-state index contributed by atoms with van der Waals surface area (Å²) in [7, 11) is 0. The van der Waals surface area contributed by atoms with Crippen molar-refractivity contribution in [3.8, 4) is 23.0 Å². The van der Waals surface area contributed by atoms with Crippen LogP contribution in [0.4, 0.5) is 0 Å². The van der Waals surface area contributed by atoms with Crippen LogP contribution in [0.25, 0.3) is 0 Å². The summed E-state index contributed by atoms with van der Waals surface area (Å²) in [6.45, 7) is 0. The molecule has 4 N–H and O–H groups in total. The molecule has 0 atom stereocenters. The highest BCUT2D eigenvalue weighted by molar-refractivity contribution is 6.11. The van der Waals surface area contributed by atoms with E-state index in [1.165, 1.54) is 48.5 Å². The number of carbonyl (C=O) groups excluding carboxylic acids is 1. The minimum Gasteiger partial charge on any atom is -0.478 e. The summed E-state index contributed by atoms with van der Waals surface area (Å²) in [6.07, 6.45) is 0. The number of aromatic carboxylic acids is 4. The maximum Gasteiger partial charge on any atom is 0.336 e. The maximum absolute atomic E-state index is 13.4. The van der Waals surface area contributed by atoms with Crippen molar-refractivity contribution < 1.29 is 53.9 Å². The molecule has 0 spiro atoms. The second-order valence-electron chi connectivity index (χ2n) is 8.19. The molecule has 11 nitrogen and oxygen atoms in total. The lowest BCUT2D eigenvalue weighted by molar-refractivity contribution is 0.0651. The van der Waals surface area contributed by atoms with Crippen molar-refractivity contribution in [1.29, 1.82) is 0 Å². The molecular weight excluding hydrogens is 524 g/mol. The fourth-order valence-electron chi connectivity index (χ4n) is 3.76. The van der Waals surface area contributed by atoms with E-state index in [4.69, 9.17) is 9.47 Å². The van der Waals surface area contributed by atoms with Crippen molar-refractivity contribution in [1.82, 2.24) is 0 Å². The molecule has 11 heteroatoms. The zero-order valence-electron chi connectivity index (χ0n) is 20.2. The van der Waals surface area contributed by atoms with Crippen LogP contribution in [0.3, 0.4) is 0 Å². The van der Waals surface area contributed by atoms with Gasteiger partial charge in [-0.05, 0) is 60.7 Å². The molecule has 0 saturated heterocycles. The smallest absolute Gasteiger partial charge is 0.336 e. The van der Waals surface area contributed by atoms with Crippen LogP contribution in [0.2, 0.25) is 0 Å². The minimum atomic E-state index is -1.46. The second-order valence-corrected chi connectivity index (χ2v) is 8.19. The Balaban J connectivity index is 1.62. The number of ketones is 1. The van der Waals surface area contributed by atoms with Gasteiger partial charge in [0.15, 0.2) is 5.78 Å². The summed E-state index contributed by atoms with van der Waals surface area (Å²) in [5.41, 5.74) is -1.51. The predicted molar refractivity (Wildman–Crippen MR) is 137 cm³/mol. The zero-order valence-corrected chi connectivity index (χ0v) is 20.2. The molecule has 200 valence electrons. The van der Waals surface area contributed by atoms with Crippen molar-refractivity contribution in [2.45, 2.75) is 0 Å². The summed E-state index contributed by atoms with van der Waals surface area (Å²) >= 11 is 0. The molecule has 0 aliphatic heterocycles. The molecule has 0 saturated carbocycles. The van der Waals surface area contributed by atoms with E-state index in [0.29, 0.717) is 0 Å². The van der Waals surface area contributed by atoms with Gasteiger partial charge in [0.25, 0.3) is 0 Å². The van der Waals surface area contributed by atoms with Gasteiger partial charge in [0.05, 0.1) is 27.8 Å². The molecule has 0 bridgehead atoms. The highest BCUT2D eigenvalue weighted by Crippen LogP contribution is 2.31. The van der Waals surface area contributed by atoms with E-state index in [0.717, 1.165) is 24.3 Å².